The van der Waals surface area contributed by atoms with Crippen LogP contribution in [-0.4, -0.2) is 11.2 Å². The average molecular weight is 309 g/mol. The zero-order chi connectivity index (χ0) is 15.9. The van der Waals surface area contributed by atoms with Crippen LogP contribution in [-0.2, 0) is 0 Å². The van der Waals surface area contributed by atoms with Gasteiger partial charge in [0.05, 0.1) is 6.10 Å². The number of hydrogen-bond donors (Lipinski definition) is 1. The van der Waals surface area contributed by atoms with Crippen LogP contribution in [0, 0.1) is 0 Å². The molecule has 1 nitrogen and oxygen atoms in total. The first-order valence-electron chi connectivity index (χ1n) is 10.2. The standard InChI is InChI=1S/C21H40O/c1-2-3-4-5-6-7-8-9-10-11-12-16-19-21(22)20-17-14-13-15-18-20/h17,21-22H,2-16,18-19H2,1H3. The zero-order valence-corrected chi connectivity index (χ0v) is 15.1. The Hall–Kier alpha value is -0.300. The van der Waals surface area contributed by atoms with Gasteiger partial charge in [0.1, 0.15) is 0 Å². The minimum atomic E-state index is -0.136. The zero-order valence-electron chi connectivity index (χ0n) is 15.1. The second kappa shape index (κ2) is 14.3. The Morgan fingerprint density at radius 2 is 1.36 bits per heavy atom. The van der Waals surface area contributed by atoms with Gasteiger partial charge in [0, 0.05) is 0 Å². The van der Waals surface area contributed by atoms with Crippen LogP contribution < -0.4 is 0 Å². The molecular formula is C21H40O. The number of aliphatic hydroxyl groups is 1. The first-order valence-corrected chi connectivity index (χ1v) is 10.2. The Morgan fingerprint density at radius 1 is 0.818 bits per heavy atom. The summed E-state index contributed by atoms with van der Waals surface area (Å²) in [6.45, 7) is 2.28. The maximum absolute atomic E-state index is 10.2. The van der Waals surface area contributed by atoms with Crippen LogP contribution in [0.4, 0.5) is 0 Å². The van der Waals surface area contributed by atoms with Crippen molar-refractivity contribution in [2.24, 2.45) is 0 Å². The molecule has 1 aliphatic carbocycles. The van der Waals surface area contributed by atoms with Crippen LogP contribution in [0.15, 0.2) is 11.6 Å². The molecule has 0 saturated heterocycles. The SMILES string of the molecule is CCCCCCCCCCCCCCC(O)C1=CCCCC1. The van der Waals surface area contributed by atoms with Crippen molar-refractivity contribution < 1.29 is 5.11 Å². The summed E-state index contributed by atoms with van der Waals surface area (Å²) < 4.78 is 0. The van der Waals surface area contributed by atoms with Crippen LogP contribution in [0.1, 0.15) is 116 Å². The van der Waals surface area contributed by atoms with E-state index in [4.69, 9.17) is 0 Å². The van der Waals surface area contributed by atoms with Gasteiger partial charge in [-0.05, 0) is 37.7 Å². The molecule has 1 N–H and O–H groups in total. The molecule has 0 radical (unpaired) electrons. The lowest BCUT2D eigenvalue weighted by Gasteiger charge is -2.18. The molecule has 130 valence electrons. The van der Waals surface area contributed by atoms with Crippen molar-refractivity contribution in [3.63, 3.8) is 0 Å². The first kappa shape index (κ1) is 19.7. The van der Waals surface area contributed by atoms with E-state index in [2.05, 4.69) is 13.0 Å². The third-order valence-corrected chi connectivity index (χ3v) is 5.09. The maximum Gasteiger partial charge on any atom is 0.0750 e. The number of hydrogen-bond acceptors (Lipinski definition) is 1. The van der Waals surface area contributed by atoms with Gasteiger partial charge in [-0.1, -0.05) is 90.0 Å². The molecule has 0 amide bonds. The molecule has 0 aromatic carbocycles. The molecule has 0 aliphatic heterocycles. The summed E-state index contributed by atoms with van der Waals surface area (Å²) in [6.07, 6.45) is 24.7. The summed E-state index contributed by atoms with van der Waals surface area (Å²) >= 11 is 0. The molecule has 1 aliphatic rings. The van der Waals surface area contributed by atoms with Gasteiger partial charge in [-0.15, -0.1) is 0 Å². The molecule has 0 saturated carbocycles. The maximum atomic E-state index is 10.2. The van der Waals surface area contributed by atoms with Gasteiger partial charge in [0.2, 0.25) is 0 Å². The number of allylic oxidation sites excluding steroid dienone is 1. The van der Waals surface area contributed by atoms with Gasteiger partial charge < -0.3 is 5.11 Å². The largest absolute Gasteiger partial charge is 0.389 e. The first-order chi connectivity index (χ1) is 10.8. The molecule has 1 rings (SSSR count). The highest BCUT2D eigenvalue weighted by atomic mass is 16.3. The van der Waals surface area contributed by atoms with Crippen LogP contribution in [0.3, 0.4) is 0 Å². The molecule has 0 spiro atoms. The van der Waals surface area contributed by atoms with Gasteiger partial charge >= 0.3 is 0 Å². The van der Waals surface area contributed by atoms with E-state index in [1.54, 1.807) is 0 Å². The molecule has 1 unspecified atom stereocenters. The van der Waals surface area contributed by atoms with Crippen molar-refractivity contribution in [3.05, 3.63) is 11.6 Å². The fourth-order valence-corrected chi connectivity index (χ4v) is 3.53. The van der Waals surface area contributed by atoms with Crippen molar-refractivity contribution >= 4 is 0 Å². The lowest BCUT2D eigenvalue weighted by atomic mass is 9.92. The van der Waals surface area contributed by atoms with Gasteiger partial charge in [0.25, 0.3) is 0 Å². The van der Waals surface area contributed by atoms with Crippen LogP contribution >= 0.6 is 0 Å². The van der Waals surface area contributed by atoms with E-state index in [1.165, 1.54) is 102 Å². The number of unbranched alkanes of at least 4 members (excludes halogenated alkanes) is 11. The van der Waals surface area contributed by atoms with E-state index in [0.29, 0.717) is 0 Å². The molecule has 1 atom stereocenters. The second-order valence-corrected chi connectivity index (χ2v) is 7.22. The highest BCUT2D eigenvalue weighted by molar-refractivity contribution is 5.10. The molecule has 1 heteroatoms. The minimum Gasteiger partial charge on any atom is -0.389 e. The highest BCUT2D eigenvalue weighted by Crippen LogP contribution is 2.23. The topological polar surface area (TPSA) is 20.2 Å². The monoisotopic (exact) mass is 308 g/mol. The predicted octanol–water partition coefficient (Wildman–Crippen LogP) is 6.94. The smallest absolute Gasteiger partial charge is 0.0750 e. The summed E-state index contributed by atoms with van der Waals surface area (Å²) in [7, 11) is 0. The quantitative estimate of drug-likeness (QED) is 0.272. The van der Waals surface area contributed by atoms with E-state index in [1.807, 2.05) is 0 Å². The van der Waals surface area contributed by atoms with Gasteiger partial charge in [-0.3, -0.25) is 0 Å². The Morgan fingerprint density at radius 3 is 1.86 bits per heavy atom. The van der Waals surface area contributed by atoms with E-state index in [0.717, 1.165) is 12.8 Å². The lowest BCUT2D eigenvalue weighted by molar-refractivity contribution is 0.189. The van der Waals surface area contributed by atoms with Gasteiger partial charge in [-0.2, -0.15) is 0 Å². The highest BCUT2D eigenvalue weighted by Gasteiger charge is 2.12. The number of rotatable bonds is 14. The summed E-state index contributed by atoms with van der Waals surface area (Å²) in [6, 6.07) is 0. The predicted molar refractivity (Wildman–Crippen MR) is 98.3 cm³/mol. The van der Waals surface area contributed by atoms with E-state index in [9.17, 15) is 5.11 Å². The van der Waals surface area contributed by atoms with E-state index in [-0.39, 0.29) is 6.10 Å². The van der Waals surface area contributed by atoms with Gasteiger partial charge in [-0.25, -0.2) is 0 Å². The summed E-state index contributed by atoms with van der Waals surface area (Å²) in [5.74, 6) is 0. The van der Waals surface area contributed by atoms with Gasteiger partial charge in [0.15, 0.2) is 0 Å². The van der Waals surface area contributed by atoms with Crippen molar-refractivity contribution in [1.29, 1.82) is 0 Å². The normalized spacial score (nSPS) is 16.5. The molecule has 0 fully saturated rings. The van der Waals surface area contributed by atoms with Crippen molar-refractivity contribution in [3.8, 4) is 0 Å². The fourth-order valence-electron chi connectivity index (χ4n) is 3.53. The Bertz CT molecular complexity index is 269. The fraction of sp³-hybridized carbons (Fsp3) is 0.905. The molecule has 22 heavy (non-hydrogen) atoms. The third-order valence-electron chi connectivity index (χ3n) is 5.09. The Balaban J connectivity index is 1.80. The lowest BCUT2D eigenvalue weighted by Crippen LogP contribution is -2.12. The molecule has 0 heterocycles. The van der Waals surface area contributed by atoms with E-state index < -0.39 is 0 Å². The Kier molecular flexibility index (Phi) is 12.8. The van der Waals surface area contributed by atoms with E-state index >= 15 is 0 Å². The minimum absolute atomic E-state index is 0.136. The molecule has 0 aromatic heterocycles. The van der Waals surface area contributed by atoms with Crippen LogP contribution in [0.25, 0.3) is 0 Å². The summed E-state index contributed by atoms with van der Waals surface area (Å²) in [4.78, 5) is 0. The van der Waals surface area contributed by atoms with Crippen molar-refractivity contribution in [2.75, 3.05) is 0 Å². The average Bonchev–Trinajstić information content (AvgIpc) is 2.56. The van der Waals surface area contributed by atoms with Crippen molar-refractivity contribution in [1.82, 2.24) is 0 Å². The molecule has 0 bridgehead atoms. The second-order valence-electron chi connectivity index (χ2n) is 7.22. The molecular weight excluding hydrogens is 268 g/mol. The Labute approximate surface area is 139 Å². The molecule has 0 aromatic rings. The summed E-state index contributed by atoms with van der Waals surface area (Å²) in [5, 5.41) is 10.2. The summed E-state index contributed by atoms with van der Waals surface area (Å²) in [5.41, 5.74) is 1.33. The van der Waals surface area contributed by atoms with Crippen LogP contribution in [0.2, 0.25) is 0 Å². The number of aliphatic hydroxyl groups excluding tert-OH is 1. The van der Waals surface area contributed by atoms with Crippen LogP contribution in [0.5, 0.6) is 0 Å². The third kappa shape index (κ3) is 10.4. The van der Waals surface area contributed by atoms with Crippen molar-refractivity contribution in [2.45, 2.75) is 122 Å².